The topological polar surface area (TPSA) is 69.7 Å². The van der Waals surface area contributed by atoms with E-state index >= 15 is 0 Å². The van der Waals surface area contributed by atoms with E-state index in [1.807, 2.05) is 36.4 Å². The van der Waals surface area contributed by atoms with Gasteiger partial charge in [-0.2, -0.15) is 0 Å². The minimum atomic E-state index is -1.91. The number of fused-ring (bicyclic) bond motifs is 3. The Hall–Kier alpha value is -3.29. The van der Waals surface area contributed by atoms with Crippen molar-refractivity contribution < 1.29 is 14.4 Å². The predicted molar refractivity (Wildman–Crippen MR) is 158 cm³/mol. The Balaban J connectivity index is 1.80. The van der Waals surface area contributed by atoms with Crippen molar-refractivity contribution in [3.63, 3.8) is 0 Å². The zero-order chi connectivity index (χ0) is 28.5. The van der Waals surface area contributed by atoms with Crippen molar-refractivity contribution >= 4 is 80.7 Å². The molecule has 1 fully saturated rings. The molecule has 2 aliphatic heterocycles. The Labute approximate surface area is 250 Å². The van der Waals surface area contributed by atoms with Gasteiger partial charge in [0.05, 0.1) is 6.04 Å². The van der Waals surface area contributed by atoms with E-state index in [0.29, 0.717) is 32.4 Å². The molecule has 2 heterocycles. The normalized spacial score (nSPS) is 20.2. The number of nitrogens with zero attached hydrogens (tertiary/aromatic N) is 2. The molecule has 2 atom stereocenters. The van der Waals surface area contributed by atoms with Gasteiger partial charge in [-0.05, 0) is 57.8 Å². The van der Waals surface area contributed by atoms with Crippen LogP contribution < -0.4 is 5.32 Å². The van der Waals surface area contributed by atoms with Crippen LogP contribution in [0.1, 0.15) is 28.7 Å². The smallest absolute Gasteiger partial charge is 0.332 e. The van der Waals surface area contributed by atoms with Crippen LogP contribution in [-0.2, 0) is 9.59 Å². The second-order valence-corrected chi connectivity index (χ2v) is 11.7. The van der Waals surface area contributed by atoms with Crippen LogP contribution in [-0.4, -0.2) is 41.7 Å². The minimum Gasteiger partial charge on any atom is -0.376 e. The molecule has 0 unspecified atom stereocenters. The first-order valence-corrected chi connectivity index (χ1v) is 13.9. The number of carbonyl (C=O) groups excluding carboxylic acids is 3. The molecule has 1 spiro atoms. The van der Waals surface area contributed by atoms with Crippen molar-refractivity contribution in [2.24, 2.45) is 5.41 Å². The van der Waals surface area contributed by atoms with Crippen molar-refractivity contribution in [2.75, 3.05) is 19.4 Å². The van der Waals surface area contributed by atoms with E-state index in [0.717, 1.165) is 20.6 Å². The maximum Gasteiger partial charge on any atom is 0.332 e. The van der Waals surface area contributed by atoms with Crippen molar-refractivity contribution in [3.05, 3.63) is 110 Å². The Morgan fingerprint density at radius 2 is 1.30 bits per heavy atom. The van der Waals surface area contributed by atoms with E-state index in [-0.39, 0.29) is 10.0 Å². The van der Waals surface area contributed by atoms with Crippen molar-refractivity contribution in [1.29, 1.82) is 0 Å². The van der Waals surface area contributed by atoms with Gasteiger partial charge in [-0.1, -0.05) is 88.9 Å². The highest BCUT2D eigenvalue weighted by Gasteiger charge is 2.67. The van der Waals surface area contributed by atoms with Gasteiger partial charge in [0.25, 0.3) is 0 Å². The molecule has 2 aliphatic rings. The van der Waals surface area contributed by atoms with Crippen LogP contribution >= 0.6 is 46.4 Å². The lowest BCUT2D eigenvalue weighted by molar-refractivity contribution is -0.160. The SMILES string of the molecule is CN1C(=O)N(C)C(=O)C2(C1=O)[C@H](c1ccc(Cl)cc1Cl)c1c(ccc3ccccc13)N[C@H]2c1ccc(Cl)cc1Cl. The molecular weight excluding hydrogens is 592 g/mol. The third kappa shape index (κ3) is 3.74. The summed E-state index contributed by atoms with van der Waals surface area (Å²) in [6.45, 7) is 0. The molecular formula is C30H21Cl4N3O3. The van der Waals surface area contributed by atoms with Gasteiger partial charge in [0, 0.05) is 45.8 Å². The summed E-state index contributed by atoms with van der Waals surface area (Å²) in [7, 11) is 2.74. The quantitative estimate of drug-likeness (QED) is 0.235. The minimum absolute atomic E-state index is 0.261. The summed E-state index contributed by atoms with van der Waals surface area (Å²) in [5, 5.41) is 6.54. The summed E-state index contributed by atoms with van der Waals surface area (Å²) in [5.74, 6) is -2.30. The van der Waals surface area contributed by atoms with Crippen molar-refractivity contribution in [1.82, 2.24) is 9.80 Å². The first-order valence-electron chi connectivity index (χ1n) is 12.4. The number of imide groups is 2. The van der Waals surface area contributed by atoms with Crippen LogP contribution in [0.15, 0.2) is 72.8 Å². The van der Waals surface area contributed by atoms with Crippen LogP contribution in [0.3, 0.4) is 0 Å². The fourth-order valence-corrected chi connectivity index (χ4v) is 7.17. The number of nitrogens with one attached hydrogen (secondary N) is 1. The van der Waals surface area contributed by atoms with Crippen LogP contribution in [0.5, 0.6) is 0 Å². The maximum absolute atomic E-state index is 14.6. The molecule has 10 heteroatoms. The third-order valence-corrected chi connectivity index (χ3v) is 9.03. The molecule has 1 saturated heterocycles. The summed E-state index contributed by atoms with van der Waals surface area (Å²) in [6.07, 6.45) is 0. The number of halogens is 4. The average molecular weight is 613 g/mol. The Kier molecular flexibility index (Phi) is 6.50. The number of hydrogen-bond acceptors (Lipinski definition) is 4. The molecule has 40 heavy (non-hydrogen) atoms. The van der Waals surface area contributed by atoms with Crippen molar-refractivity contribution in [2.45, 2.75) is 12.0 Å². The number of barbiturate groups is 1. The summed E-state index contributed by atoms with van der Waals surface area (Å²) in [4.78, 5) is 44.2. The lowest BCUT2D eigenvalue weighted by Gasteiger charge is -2.53. The zero-order valence-electron chi connectivity index (χ0n) is 21.2. The van der Waals surface area contributed by atoms with E-state index < -0.39 is 35.2 Å². The first-order chi connectivity index (χ1) is 19.1. The molecule has 0 aromatic heterocycles. The van der Waals surface area contributed by atoms with E-state index in [9.17, 15) is 14.4 Å². The Morgan fingerprint density at radius 3 is 1.90 bits per heavy atom. The van der Waals surface area contributed by atoms with Crippen LogP contribution in [0.4, 0.5) is 10.5 Å². The molecule has 0 aliphatic carbocycles. The summed E-state index contributed by atoms with van der Waals surface area (Å²) in [6, 6.07) is 19.7. The van der Waals surface area contributed by atoms with E-state index in [4.69, 9.17) is 46.4 Å². The molecule has 6 nitrogen and oxygen atoms in total. The van der Waals surface area contributed by atoms with Gasteiger partial charge in [0.15, 0.2) is 5.41 Å². The van der Waals surface area contributed by atoms with Crippen LogP contribution in [0.2, 0.25) is 20.1 Å². The second kappa shape index (κ2) is 9.67. The fraction of sp³-hybridized carbons (Fsp3) is 0.167. The Morgan fingerprint density at radius 1 is 0.725 bits per heavy atom. The monoisotopic (exact) mass is 611 g/mol. The van der Waals surface area contributed by atoms with E-state index in [1.165, 1.54) is 14.1 Å². The highest BCUT2D eigenvalue weighted by Crippen LogP contribution is 2.61. The van der Waals surface area contributed by atoms with Crippen LogP contribution in [0.25, 0.3) is 10.8 Å². The molecule has 4 amide bonds. The number of urea groups is 1. The highest BCUT2D eigenvalue weighted by atomic mass is 35.5. The molecule has 0 saturated carbocycles. The van der Waals surface area contributed by atoms with Crippen molar-refractivity contribution in [3.8, 4) is 0 Å². The fourth-order valence-electron chi connectivity index (χ4n) is 6.13. The van der Waals surface area contributed by atoms with Gasteiger partial charge >= 0.3 is 6.03 Å². The summed E-state index contributed by atoms with van der Waals surface area (Å²) in [5.41, 5.74) is 0.459. The summed E-state index contributed by atoms with van der Waals surface area (Å²) >= 11 is 26.1. The largest absolute Gasteiger partial charge is 0.376 e. The van der Waals surface area contributed by atoms with Gasteiger partial charge in [-0.15, -0.1) is 0 Å². The lowest BCUT2D eigenvalue weighted by Crippen LogP contribution is -2.68. The second-order valence-electron chi connectivity index (χ2n) is 9.97. The van der Waals surface area contributed by atoms with Crippen LogP contribution in [0, 0.1) is 5.41 Å². The first kappa shape index (κ1) is 26.9. The molecule has 1 N–H and O–H groups in total. The van der Waals surface area contributed by atoms with E-state index in [1.54, 1.807) is 36.4 Å². The molecule has 6 rings (SSSR count). The van der Waals surface area contributed by atoms with Gasteiger partial charge < -0.3 is 5.32 Å². The lowest BCUT2D eigenvalue weighted by atomic mass is 9.58. The number of amides is 4. The molecule has 202 valence electrons. The predicted octanol–water partition coefficient (Wildman–Crippen LogP) is 7.79. The zero-order valence-corrected chi connectivity index (χ0v) is 24.2. The number of rotatable bonds is 2. The highest BCUT2D eigenvalue weighted by molar-refractivity contribution is 6.36. The van der Waals surface area contributed by atoms with E-state index in [2.05, 4.69) is 5.32 Å². The van der Waals surface area contributed by atoms with Gasteiger partial charge in [0.2, 0.25) is 11.8 Å². The number of hydrogen-bond donors (Lipinski definition) is 1. The third-order valence-electron chi connectivity index (χ3n) is 7.91. The Bertz CT molecular complexity index is 1730. The van der Waals surface area contributed by atoms with Gasteiger partial charge in [0.1, 0.15) is 0 Å². The number of benzene rings is 4. The average Bonchev–Trinajstić information content (AvgIpc) is 2.93. The standard InChI is InChI=1S/C30H21Cl4N3O3/c1-36-27(38)30(28(39)37(2)29(36)40)25(19-10-8-16(31)13-21(19)33)24-18-6-4-3-5-15(18)7-12-23(24)35-26(30)20-11-9-17(32)14-22(20)34/h3-14,25-26,35H,1-2H3/t25-,26+/m1/s1. The molecule has 0 radical (unpaired) electrons. The summed E-state index contributed by atoms with van der Waals surface area (Å²) < 4.78 is 0. The number of carbonyl (C=O) groups is 3. The van der Waals surface area contributed by atoms with Gasteiger partial charge in [-0.3, -0.25) is 19.4 Å². The molecule has 4 aromatic carbocycles. The van der Waals surface area contributed by atoms with Gasteiger partial charge in [-0.25, -0.2) is 4.79 Å². The molecule has 4 aromatic rings. The molecule has 0 bridgehead atoms. The number of anilines is 1. The maximum atomic E-state index is 14.6.